The van der Waals surface area contributed by atoms with Crippen molar-refractivity contribution in [1.29, 1.82) is 5.26 Å². The van der Waals surface area contributed by atoms with Crippen LogP contribution in [0.4, 0.5) is 11.4 Å². The zero-order valence-electron chi connectivity index (χ0n) is 10.4. The Hall–Kier alpha value is -2.36. The number of nitrogens with two attached hydrogens (primary N) is 1. The van der Waals surface area contributed by atoms with Crippen molar-refractivity contribution < 1.29 is 4.79 Å². The van der Waals surface area contributed by atoms with E-state index in [4.69, 9.17) is 11.1 Å². The summed E-state index contributed by atoms with van der Waals surface area (Å²) in [6, 6.07) is 13.8. The highest BCUT2D eigenvalue weighted by atomic mass is 79.9. The molecule has 0 bridgehead atoms. The molecule has 2 aromatic rings. The van der Waals surface area contributed by atoms with E-state index >= 15 is 0 Å². The summed E-state index contributed by atoms with van der Waals surface area (Å²) in [5.41, 5.74) is 4.55. The molecule has 0 radical (unpaired) electrons. The van der Waals surface area contributed by atoms with E-state index in [-0.39, 0.29) is 5.91 Å². The van der Waals surface area contributed by atoms with Crippen LogP contribution in [-0.2, 0) is 0 Å². The van der Waals surface area contributed by atoms with E-state index in [1.54, 1.807) is 42.5 Å². The second-order valence-corrected chi connectivity index (χ2v) is 4.89. The first-order chi connectivity index (χ1) is 9.63. The van der Waals surface area contributed by atoms with Crippen molar-refractivity contribution in [2.45, 2.75) is 0 Å². The van der Waals surface area contributed by atoms with Crippen molar-refractivity contribution in [2.75, 3.05) is 10.7 Å². The molecule has 0 saturated carbocycles. The minimum absolute atomic E-state index is 0.289. The lowest BCUT2D eigenvalue weighted by Gasteiger charge is -2.08. The second-order valence-electron chi connectivity index (χ2n) is 3.98. The maximum atomic E-state index is 12.1. The number of anilines is 2. The van der Waals surface area contributed by atoms with Gasteiger partial charge in [-0.2, -0.15) is 5.26 Å². The lowest BCUT2D eigenvalue weighted by Crippen LogP contribution is -2.13. The van der Waals surface area contributed by atoms with Crippen LogP contribution < -0.4 is 16.6 Å². The number of carbonyl (C=O) groups is 1. The number of benzene rings is 2. The third kappa shape index (κ3) is 3.15. The highest BCUT2D eigenvalue weighted by molar-refractivity contribution is 9.10. The standard InChI is InChI=1S/C14H11BrN4O/c15-11-4-1-10(8-16)13(7-11)18-14(20)9-2-5-12(19-17)6-3-9/h1-7,19H,17H2,(H,18,20). The van der Waals surface area contributed by atoms with Crippen LogP contribution >= 0.6 is 15.9 Å². The van der Waals surface area contributed by atoms with E-state index in [0.29, 0.717) is 22.5 Å². The van der Waals surface area contributed by atoms with Crippen molar-refractivity contribution in [1.82, 2.24) is 0 Å². The number of hydrogen-bond donors (Lipinski definition) is 3. The fourth-order valence-corrected chi connectivity index (χ4v) is 1.99. The molecular weight excluding hydrogens is 320 g/mol. The first-order valence-corrected chi connectivity index (χ1v) is 6.51. The van der Waals surface area contributed by atoms with Crippen molar-refractivity contribution in [3.63, 3.8) is 0 Å². The third-order valence-electron chi connectivity index (χ3n) is 2.66. The van der Waals surface area contributed by atoms with Crippen LogP contribution in [0.1, 0.15) is 15.9 Å². The van der Waals surface area contributed by atoms with Gasteiger partial charge in [0, 0.05) is 15.7 Å². The molecule has 0 atom stereocenters. The van der Waals surface area contributed by atoms with E-state index in [2.05, 4.69) is 26.7 Å². The summed E-state index contributed by atoms with van der Waals surface area (Å²) < 4.78 is 0.787. The smallest absolute Gasteiger partial charge is 0.255 e. The zero-order chi connectivity index (χ0) is 14.5. The predicted molar refractivity (Wildman–Crippen MR) is 81.1 cm³/mol. The molecule has 2 aromatic carbocycles. The number of halogens is 1. The first-order valence-electron chi connectivity index (χ1n) is 5.71. The SMILES string of the molecule is N#Cc1ccc(Br)cc1NC(=O)c1ccc(NN)cc1. The summed E-state index contributed by atoms with van der Waals surface area (Å²) >= 11 is 3.31. The molecule has 2 rings (SSSR count). The normalized spacial score (nSPS) is 9.65. The number of hydrogen-bond acceptors (Lipinski definition) is 4. The van der Waals surface area contributed by atoms with Crippen LogP contribution in [0.3, 0.4) is 0 Å². The summed E-state index contributed by atoms with van der Waals surface area (Å²) in [7, 11) is 0. The summed E-state index contributed by atoms with van der Waals surface area (Å²) in [6.45, 7) is 0. The summed E-state index contributed by atoms with van der Waals surface area (Å²) in [5, 5.41) is 11.7. The van der Waals surface area contributed by atoms with Gasteiger partial charge in [0.2, 0.25) is 0 Å². The number of nitrogen functional groups attached to an aromatic ring is 1. The Morgan fingerprint density at radius 2 is 1.90 bits per heavy atom. The highest BCUT2D eigenvalue weighted by Gasteiger charge is 2.09. The number of nitrogens with zero attached hydrogens (tertiary/aromatic N) is 1. The van der Waals surface area contributed by atoms with Crippen LogP contribution in [0.5, 0.6) is 0 Å². The van der Waals surface area contributed by atoms with Crippen LogP contribution in [-0.4, -0.2) is 5.91 Å². The number of amides is 1. The average molecular weight is 331 g/mol. The minimum Gasteiger partial charge on any atom is -0.324 e. The number of rotatable bonds is 3. The first kappa shape index (κ1) is 14.1. The number of hydrazine groups is 1. The molecule has 20 heavy (non-hydrogen) atoms. The molecule has 5 nitrogen and oxygen atoms in total. The number of nitrogens with one attached hydrogen (secondary N) is 2. The van der Waals surface area contributed by atoms with Gasteiger partial charge >= 0.3 is 0 Å². The Balaban J connectivity index is 2.23. The molecule has 0 fully saturated rings. The molecule has 100 valence electrons. The zero-order valence-corrected chi connectivity index (χ0v) is 11.9. The monoisotopic (exact) mass is 330 g/mol. The highest BCUT2D eigenvalue weighted by Crippen LogP contribution is 2.21. The van der Waals surface area contributed by atoms with Gasteiger partial charge in [0.25, 0.3) is 5.91 Å². The number of carbonyl (C=O) groups excluding carboxylic acids is 1. The summed E-state index contributed by atoms with van der Waals surface area (Å²) in [6.07, 6.45) is 0. The lowest BCUT2D eigenvalue weighted by molar-refractivity contribution is 0.102. The van der Waals surface area contributed by atoms with Crippen LogP contribution in [0.15, 0.2) is 46.9 Å². The molecule has 0 spiro atoms. The van der Waals surface area contributed by atoms with Crippen molar-refractivity contribution in [3.8, 4) is 6.07 Å². The summed E-state index contributed by atoms with van der Waals surface area (Å²) in [4.78, 5) is 12.1. The Kier molecular flexibility index (Phi) is 4.35. The van der Waals surface area contributed by atoms with E-state index < -0.39 is 0 Å². The Morgan fingerprint density at radius 3 is 2.50 bits per heavy atom. The third-order valence-corrected chi connectivity index (χ3v) is 3.16. The molecule has 0 aliphatic heterocycles. The van der Waals surface area contributed by atoms with E-state index in [1.807, 2.05) is 6.07 Å². The maximum Gasteiger partial charge on any atom is 0.255 e. The fourth-order valence-electron chi connectivity index (χ4n) is 1.63. The minimum atomic E-state index is -0.289. The van der Waals surface area contributed by atoms with Gasteiger partial charge in [0.05, 0.1) is 11.3 Å². The second kappa shape index (κ2) is 6.19. The van der Waals surface area contributed by atoms with E-state index in [9.17, 15) is 4.79 Å². The van der Waals surface area contributed by atoms with Crippen molar-refractivity contribution in [2.24, 2.45) is 5.84 Å². The van der Waals surface area contributed by atoms with Gasteiger partial charge in [0.1, 0.15) is 6.07 Å². The Morgan fingerprint density at radius 1 is 1.20 bits per heavy atom. The average Bonchev–Trinajstić information content (AvgIpc) is 2.47. The topological polar surface area (TPSA) is 90.9 Å². The predicted octanol–water partition coefficient (Wildman–Crippen LogP) is 2.86. The largest absolute Gasteiger partial charge is 0.324 e. The molecular formula is C14H11BrN4O. The van der Waals surface area contributed by atoms with Crippen molar-refractivity contribution >= 4 is 33.2 Å². The van der Waals surface area contributed by atoms with Crippen LogP contribution in [0.25, 0.3) is 0 Å². The molecule has 0 heterocycles. The molecule has 4 N–H and O–H groups in total. The molecule has 0 saturated heterocycles. The quantitative estimate of drug-likeness (QED) is 0.596. The lowest BCUT2D eigenvalue weighted by atomic mass is 10.1. The van der Waals surface area contributed by atoms with Gasteiger partial charge in [-0.05, 0) is 42.5 Å². The maximum absolute atomic E-state index is 12.1. The van der Waals surface area contributed by atoms with Gasteiger partial charge in [-0.15, -0.1) is 0 Å². The summed E-state index contributed by atoms with van der Waals surface area (Å²) in [5.74, 6) is 4.97. The van der Waals surface area contributed by atoms with Gasteiger partial charge in [-0.25, -0.2) is 0 Å². The van der Waals surface area contributed by atoms with Crippen LogP contribution in [0.2, 0.25) is 0 Å². The number of nitriles is 1. The molecule has 1 amide bonds. The van der Waals surface area contributed by atoms with Gasteiger partial charge in [0.15, 0.2) is 0 Å². The molecule has 0 aliphatic carbocycles. The van der Waals surface area contributed by atoms with Crippen molar-refractivity contribution in [3.05, 3.63) is 58.1 Å². The molecule has 0 unspecified atom stereocenters. The fraction of sp³-hybridized carbons (Fsp3) is 0. The van der Waals surface area contributed by atoms with Gasteiger partial charge in [-0.3, -0.25) is 10.6 Å². The van der Waals surface area contributed by atoms with Gasteiger partial charge in [-0.1, -0.05) is 15.9 Å². The molecule has 0 aromatic heterocycles. The van der Waals surface area contributed by atoms with Gasteiger partial charge < -0.3 is 10.7 Å². The van der Waals surface area contributed by atoms with E-state index in [0.717, 1.165) is 4.47 Å². The van der Waals surface area contributed by atoms with Crippen LogP contribution in [0, 0.1) is 11.3 Å². The Labute approximate surface area is 124 Å². The van der Waals surface area contributed by atoms with E-state index in [1.165, 1.54) is 0 Å². The Bertz CT molecular complexity index is 677. The molecule has 6 heteroatoms. The molecule has 0 aliphatic rings.